The first-order chi connectivity index (χ1) is 8.01. The predicted molar refractivity (Wildman–Crippen MR) is 64.2 cm³/mol. The Labute approximate surface area is 100 Å². The van der Waals surface area contributed by atoms with Gasteiger partial charge in [0.25, 0.3) is 0 Å². The second kappa shape index (κ2) is 5.35. The van der Waals surface area contributed by atoms with Gasteiger partial charge in [-0.2, -0.15) is 4.99 Å². The molecule has 0 aliphatic heterocycles. The summed E-state index contributed by atoms with van der Waals surface area (Å²) >= 11 is 0. The summed E-state index contributed by atoms with van der Waals surface area (Å²) in [7, 11) is 0. The highest BCUT2D eigenvalue weighted by molar-refractivity contribution is 5.41. The first-order valence-corrected chi connectivity index (χ1v) is 5.24. The minimum absolute atomic E-state index is 0.321. The lowest BCUT2D eigenvalue weighted by molar-refractivity contribution is 0.521. The molecule has 17 heavy (non-hydrogen) atoms. The van der Waals surface area contributed by atoms with Gasteiger partial charge in [-0.15, -0.1) is 0 Å². The highest BCUT2D eigenvalue weighted by Gasteiger charge is 2.21. The Morgan fingerprint density at radius 1 is 1.24 bits per heavy atom. The molecule has 4 nitrogen and oxygen atoms in total. The van der Waals surface area contributed by atoms with Crippen molar-refractivity contribution in [1.29, 1.82) is 0 Å². The minimum atomic E-state index is -0.585. The van der Waals surface area contributed by atoms with E-state index in [9.17, 15) is 9.59 Å². The molecule has 0 bridgehead atoms. The molecule has 0 atom stereocenters. The zero-order valence-corrected chi connectivity index (χ0v) is 10.2. The molecule has 0 spiro atoms. The Balaban J connectivity index is 3.13. The smallest absolute Gasteiger partial charge is 0.211 e. The molecule has 0 amide bonds. The van der Waals surface area contributed by atoms with Crippen molar-refractivity contribution in [3.8, 4) is 0 Å². The quantitative estimate of drug-likeness (QED) is 0.589. The van der Waals surface area contributed by atoms with Gasteiger partial charge in [-0.1, -0.05) is 18.2 Å². The van der Waals surface area contributed by atoms with Crippen molar-refractivity contribution >= 4 is 12.2 Å². The predicted octanol–water partition coefficient (Wildman–Crippen LogP) is 2.40. The lowest BCUT2D eigenvalue weighted by Crippen LogP contribution is -2.15. The normalized spacial score (nSPS) is 10.3. The molecule has 0 radical (unpaired) electrons. The molecule has 0 aliphatic carbocycles. The number of benzene rings is 1. The molecule has 0 saturated heterocycles. The van der Waals surface area contributed by atoms with E-state index in [1.54, 1.807) is 6.08 Å². The molecule has 0 aliphatic rings. The third-order valence-electron chi connectivity index (χ3n) is 2.60. The highest BCUT2D eigenvalue weighted by atomic mass is 16.1. The molecule has 1 aromatic rings. The maximum Gasteiger partial charge on any atom is 0.235 e. The summed E-state index contributed by atoms with van der Waals surface area (Å²) in [6.45, 7) is 5.96. The Hall–Kier alpha value is -2.02. The van der Waals surface area contributed by atoms with Gasteiger partial charge < -0.3 is 0 Å². The second-order valence-corrected chi connectivity index (χ2v) is 4.32. The van der Waals surface area contributed by atoms with Crippen LogP contribution in [0.5, 0.6) is 0 Å². The van der Waals surface area contributed by atoms with Crippen LogP contribution in [0.15, 0.2) is 28.2 Å². The highest BCUT2D eigenvalue weighted by Crippen LogP contribution is 2.27. The monoisotopic (exact) mass is 230 g/mol. The SMILES string of the molecule is Cc1cc(CN=C=O)ccc1C(C)(C)N=C=O. The number of carbonyl (C=O) groups excluding carboxylic acids is 2. The van der Waals surface area contributed by atoms with Gasteiger partial charge in [0.2, 0.25) is 12.2 Å². The summed E-state index contributed by atoms with van der Waals surface area (Å²) in [5.41, 5.74) is 2.31. The minimum Gasteiger partial charge on any atom is -0.211 e. The van der Waals surface area contributed by atoms with E-state index in [1.165, 1.54) is 6.08 Å². The van der Waals surface area contributed by atoms with Crippen molar-refractivity contribution in [2.24, 2.45) is 9.98 Å². The first-order valence-electron chi connectivity index (χ1n) is 5.24. The molecule has 1 rings (SSSR count). The van der Waals surface area contributed by atoms with Gasteiger partial charge in [-0.25, -0.2) is 14.6 Å². The molecule has 0 heterocycles. The van der Waals surface area contributed by atoms with Crippen LogP contribution in [0.25, 0.3) is 0 Å². The Kier molecular flexibility index (Phi) is 4.11. The fourth-order valence-electron chi connectivity index (χ4n) is 1.81. The van der Waals surface area contributed by atoms with Crippen LogP contribution < -0.4 is 0 Å². The average Bonchev–Trinajstić information content (AvgIpc) is 2.26. The van der Waals surface area contributed by atoms with Crippen molar-refractivity contribution in [1.82, 2.24) is 0 Å². The molecule has 0 unspecified atom stereocenters. The summed E-state index contributed by atoms with van der Waals surface area (Å²) in [6.07, 6.45) is 3.09. The van der Waals surface area contributed by atoms with Gasteiger partial charge in [0.05, 0.1) is 12.1 Å². The van der Waals surface area contributed by atoms with Crippen molar-refractivity contribution < 1.29 is 9.59 Å². The Morgan fingerprint density at radius 3 is 2.47 bits per heavy atom. The van der Waals surface area contributed by atoms with E-state index in [-0.39, 0.29) is 0 Å². The molecular weight excluding hydrogens is 216 g/mol. The summed E-state index contributed by atoms with van der Waals surface area (Å²) in [6, 6.07) is 5.69. The van der Waals surface area contributed by atoms with E-state index in [4.69, 9.17) is 0 Å². The van der Waals surface area contributed by atoms with Crippen LogP contribution in [0, 0.1) is 6.92 Å². The second-order valence-electron chi connectivity index (χ2n) is 4.32. The number of hydrogen-bond acceptors (Lipinski definition) is 4. The molecule has 88 valence electrons. The van der Waals surface area contributed by atoms with Gasteiger partial charge in [0, 0.05) is 0 Å². The van der Waals surface area contributed by atoms with Crippen LogP contribution >= 0.6 is 0 Å². The van der Waals surface area contributed by atoms with Crippen molar-refractivity contribution in [2.45, 2.75) is 32.9 Å². The molecule has 4 heteroatoms. The van der Waals surface area contributed by atoms with E-state index in [1.807, 2.05) is 39.0 Å². The van der Waals surface area contributed by atoms with Crippen LogP contribution in [-0.4, -0.2) is 12.2 Å². The zero-order valence-electron chi connectivity index (χ0n) is 10.2. The zero-order chi connectivity index (χ0) is 12.9. The van der Waals surface area contributed by atoms with Crippen LogP contribution in [0.2, 0.25) is 0 Å². The van der Waals surface area contributed by atoms with E-state index in [2.05, 4.69) is 9.98 Å². The maximum absolute atomic E-state index is 10.4. The average molecular weight is 230 g/mol. The standard InChI is InChI=1S/C13H14N2O2/c1-10-6-11(7-14-8-16)4-5-12(10)13(2,3)15-9-17/h4-6H,7H2,1-3H3. The van der Waals surface area contributed by atoms with Gasteiger partial charge in [0.1, 0.15) is 0 Å². The third kappa shape index (κ3) is 3.22. The molecule has 0 fully saturated rings. The molecular formula is C13H14N2O2. The molecule has 1 aromatic carbocycles. The fraction of sp³-hybridized carbons (Fsp3) is 0.385. The van der Waals surface area contributed by atoms with Crippen molar-refractivity contribution in [3.05, 3.63) is 34.9 Å². The first kappa shape index (κ1) is 13.0. The number of aliphatic imine (C=N–C) groups is 2. The van der Waals surface area contributed by atoms with Gasteiger partial charge in [0.15, 0.2) is 0 Å². The van der Waals surface area contributed by atoms with Crippen LogP contribution in [0.4, 0.5) is 0 Å². The number of isocyanates is 2. The Morgan fingerprint density at radius 2 is 1.94 bits per heavy atom. The maximum atomic E-state index is 10.4. The third-order valence-corrected chi connectivity index (χ3v) is 2.60. The lowest BCUT2D eigenvalue weighted by atomic mass is 9.90. The van der Waals surface area contributed by atoms with Crippen LogP contribution in [0.1, 0.15) is 30.5 Å². The van der Waals surface area contributed by atoms with Gasteiger partial charge in [-0.05, 0) is 37.5 Å². The Bertz CT molecular complexity index is 508. The number of rotatable bonds is 4. The topological polar surface area (TPSA) is 58.9 Å². The van der Waals surface area contributed by atoms with Crippen LogP contribution in [-0.2, 0) is 21.7 Å². The van der Waals surface area contributed by atoms with E-state index >= 15 is 0 Å². The summed E-state index contributed by atoms with van der Waals surface area (Å²) in [5.74, 6) is 0. The number of aryl methyl sites for hydroxylation is 1. The van der Waals surface area contributed by atoms with Crippen molar-refractivity contribution in [3.63, 3.8) is 0 Å². The van der Waals surface area contributed by atoms with Crippen LogP contribution in [0.3, 0.4) is 0 Å². The lowest BCUT2D eigenvalue weighted by Gasteiger charge is -2.20. The molecule has 0 saturated carbocycles. The van der Waals surface area contributed by atoms with E-state index in [0.29, 0.717) is 6.54 Å². The molecule has 0 aromatic heterocycles. The summed E-state index contributed by atoms with van der Waals surface area (Å²) in [5, 5.41) is 0. The largest absolute Gasteiger partial charge is 0.235 e. The van der Waals surface area contributed by atoms with Gasteiger partial charge in [-0.3, -0.25) is 0 Å². The van der Waals surface area contributed by atoms with E-state index in [0.717, 1.165) is 16.7 Å². The fourth-order valence-corrected chi connectivity index (χ4v) is 1.81. The van der Waals surface area contributed by atoms with Crippen molar-refractivity contribution in [2.75, 3.05) is 0 Å². The summed E-state index contributed by atoms with van der Waals surface area (Å²) in [4.78, 5) is 27.7. The summed E-state index contributed by atoms with van der Waals surface area (Å²) < 4.78 is 0. The van der Waals surface area contributed by atoms with E-state index < -0.39 is 5.54 Å². The number of hydrogen-bond donors (Lipinski definition) is 0. The van der Waals surface area contributed by atoms with Gasteiger partial charge >= 0.3 is 0 Å². The number of nitrogens with zero attached hydrogens (tertiary/aromatic N) is 2. The molecule has 0 N–H and O–H groups in total.